The lowest BCUT2D eigenvalue weighted by Gasteiger charge is -2.27. The highest BCUT2D eigenvalue weighted by Gasteiger charge is 2.43. The summed E-state index contributed by atoms with van der Waals surface area (Å²) >= 11 is 0. The van der Waals surface area contributed by atoms with Gasteiger partial charge in [0, 0.05) is 12.1 Å². The van der Waals surface area contributed by atoms with E-state index < -0.39 is 17.7 Å². The number of hydrogen-bond donors (Lipinski definition) is 1. The third-order valence-corrected chi connectivity index (χ3v) is 4.94. The molecule has 0 spiro atoms. The lowest BCUT2D eigenvalue weighted by atomic mass is 9.94. The van der Waals surface area contributed by atoms with Crippen LogP contribution in [0.1, 0.15) is 38.8 Å². The van der Waals surface area contributed by atoms with Gasteiger partial charge in [0.25, 0.3) is 5.91 Å². The molecule has 0 fully saturated rings. The van der Waals surface area contributed by atoms with Crippen LogP contribution in [-0.4, -0.2) is 30.5 Å². The Kier molecular flexibility index (Phi) is 6.45. The summed E-state index contributed by atoms with van der Waals surface area (Å²) in [7, 11) is 1.55. The van der Waals surface area contributed by atoms with E-state index in [-0.39, 0.29) is 17.8 Å². The average Bonchev–Trinajstić information content (AvgIpc) is 3.03. The van der Waals surface area contributed by atoms with Crippen molar-refractivity contribution in [3.8, 4) is 11.5 Å². The van der Waals surface area contributed by atoms with Crippen molar-refractivity contribution in [3.05, 3.63) is 65.4 Å². The summed E-state index contributed by atoms with van der Waals surface area (Å²) in [6.45, 7) is 6.43. The molecule has 1 atom stereocenters. The largest absolute Gasteiger partial charge is 0.503 e. The molecular formula is C24H27NO5. The van der Waals surface area contributed by atoms with Crippen molar-refractivity contribution in [2.24, 2.45) is 5.92 Å². The second kappa shape index (κ2) is 9.03. The van der Waals surface area contributed by atoms with Crippen LogP contribution < -0.4 is 14.4 Å². The van der Waals surface area contributed by atoms with Crippen LogP contribution in [0.5, 0.6) is 11.5 Å². The molecule has 0 saturated heterocycles. The fourth-order valence-electron chi connectivity index (χ4n) is 3.44. The van der Waals surface area contributed by atoms with Gasteiger partial charge < -0.3 is 14.6 Å². The molecule has 0 saturated carbocycles. The number of ether oxygens (including phenoxy) is 2. The number of anilines is 1. The standard InChI is InChI=1S/C24H27NO5/c1-5-20(26)21-22(16-7-6-8-19(13-16)29-4)25(24(28)23(21)27)17-9-11-18(12-10-17)30-14-15(2)3/h6-13,15,22,27H,5,14H2,1-4H3. The van der Waals surface area contributed by atoms with E-state index in [4.69, 9.17) is 9.47 Å². The summed E-state index contributed by atoms with van der Waals surface area (Å²) in [5.74, 6) is 0.315. The number of rotatable bonds is 8. The third-order valence-electron chi connectivity index (χ3n) is 4.94. The van der Waals surface area contributed by atoms with E-state index in [9.17, 15) is 14.7 Å². The maximum atomic E-state index is 13.0. The van der Waals surface area contributed by atoms with Crippen LogP contribution in [0, 0.1) is 5.92 Å². The van der Waals surface area contributed by atoms with Gasteiger partial charge in [0.15, 0.2) is 11.5 Å². The average molecular weight is 409 g/mol. The second-order valence-electron chi connectivity index (χ2n) is 7.59. The van der Waals surface area contributed by atoms with E-state index >= 15 is 0 Å². The molecule has 158 valence electrons. The number of nitrogens with zero attached hydrogens (tertiary/aromatic N) is 1. The number of amides is 1. The Morgan fingerprint density at radius 2 is 1.83 bits per heavy atom. The highest BCUT2D eigenvalue weighted by molar-refractivity contribution is 6.16. The molecule has 1 aliphatic rings. The zero-order chi connectivity index (χ0) is 21.8. The molecule has 3 rings (SSSR count). The number of carbonyl (C=O) groups excluding carboxylic acids is 2. The molecule has 0 radical (unpaired) electrons. The molecule has 0 aliphatic carbocycles. The molecule has 1 aliphatic heterocycles. The van der Waals surface area contributed by atoms with Crippen LogP contribution in [0.25, 0.3) is 0 Å². The van der Waals surface area contributed by atoms with Gasteiger partial charge >= 0.3 is 0 Å². The van der Waals surface area contributed by atoms with Crippen LogP contribution in [0.15, 0.2) is 59.9 Å². The maximum absolute atomic E-state index is 13.0. The molecule has 1 N–H and O–H groups in total. The van der Waals surface area contributed by atoms with Crippen LogP contribution >= 0.6 is 0 Å². The summed E-state index contributed by atoms with van der Waals surface area (Å²) in [5.41, 5.74) is 1.36. The number of methoxy groups -OCH3 is 1. The summed E-state index contributed by atoms with van der Waals surface area (Å²) < 4.78 is 11.0. The minimum atomic E-state index is -0.734. The lowest BCUT2D eigenvalue weighted by molar-refractivity contribution is -0.118. The lowest BCUT2D eigenvalue weighted by Crippen LogP contribution is -2.31. The van der Waals surface area contributed by atoms with E-state index in [2.05, 4.69) is 13.8 Å². The van der Waals surface area contributed by atoms with E-state index in [1.165, 1.54) is 4.90 Å². The molecule has 1 unspecified atom stereocenters. The van der Waals surface area contributed by atoms with Gasteiger partial charge in [-0.25, -0.2) is 0 Å². The van der Waals surface area contributed by atoms with Gasteiger partial charge in [-0.3, -0.25) is 14.5 Å². The molecule has 0 bridgehead atoms. The second-order valence-corrected chi connectivity index (χ2v) is 7.59. The Morgan fingerprint density at radius 1 is 1.13 bits per heavy atom. The fourth-order valence-corrected chi connectivity index (χ4v) is 3.44. The van der Waals surface area contributed by atoms with Crippen molar-refractivity contribution >= 4 is 17.4 Å². The summed E-state index contributed by atoms with van der Waals surface area (Å²) in [6.07, 6.45) is 0.183. The Balaban J connectivity index is 2.03. The van der Waals surface area contributed by atoms with Gasteiger partial charge in [0.05, 0.1) is 25.3 Å². The first kappa shape index (κ1) is 21.4. The predicted molar refractivity (Wildman–Crippen MR) is 115 cm³/mol. The zero-order valence-corrected chi connectivity index (χ0v) is 17.7. The van der Waals surface area contributed by atoms with Crippen molar-refractivity contribution in [1.82, 2.24) is 0 Å². The molecule has 1 amide bonds. The van der Waals surface area contributed by atoms with Gasteiger partial charge in [0.1, 0.15) is 11.5 Å². The minimum absolute atomic E-state index is 0.107. The smallest absolute Gasteiger partial charge is 0.294 e. The normalized spacial score (nSPS) is 16.4. The van der Waals surface area contributed by atoms with Crippen molar-refractivity contribution in [3.63, 3.8) is 0 Å². The number of carbonyl (C=O) groups is 2. The van der Waals surface area contributed by atoms with Gasteiger partial charge in [-0.15, -0.1) is 0 Å². The highest BCUT2D eigenvalue weighted by atomic mass is 16.5. The summed E-state index contributed by atoms with van der Waals surface area (Å²) in [5, 5.41) is 10.6. The van der Waals surface area contributed by atoms with Gasteiger partial charge in [0.2, 0.25) is 0 Å². The molecule has 1 heterocycles. The maximum Gasteiger partial charge on any atom is 0.294 e. The number of aliphatic hydroxyl groups is 1. The van der Waals surface area contributed by atoms with Crippen LogP contribution in [0.3, 0.4) is 0 Å². The van der Waals surface area contributed by atoms with Crippen molar-refractivity contribution in [1.29, 1.82) is 0 Å². The minimum Gasteiger partial charge on any atom is -0.503 e. The third kappa shape index (κ3) is 4.17. The predicted octanol–water partition coefficient (Wildman–Crippen LogP) is 4.61. The first-order chi connectivity index (χ1) is 14.4. The SMILES string of the molecule is CCC(=O)C1=C(O)C(=O)N(c2ccc(OCC(C)C)cc2)C1c1cccc(OC)c1. The van der Waals surface area contributed by atoms with E-state index in [0.717, 1.165) is 0 Å². The molecule has 6 nitrogen and oxygen atoms in total. The fraction of sp³-hybridized carbons (Fsp3) is 0.333. The number of Topliss-reactive ketones (excluding diaryl/α,β-unsaturated/α-hetero) is 1. The Hall–Kier alpha value is -3.28. The molecule has 6 heteroatoms. The van der Waals surface area contributed by atoms with E-state index in [0.29, 0.717) is 35.3 Å². The topological polar surface area (TPSA) is 76.1 Å². The monoisotopic (exact) mass is 409 g/mol. The molecule has 2 aromatic rings. The number of hydrogen-bond acceptors (Lipinski definition) is 5. The van der Waals surface area contributed by atoms with Crippen molar-refractivity contribution < 1.29 is 24.2 Å². The molecule has 0 aromatic heterocycles. The first-order valence-electron chi connectivity index (χ1n) is 10.0. The molecule has 2 aromatic carbocycles. The Morgan fingerprint density at radius 3 is 2.43 bits per heavy atom. The van der Waals surface area contributed by atoms with Gasteiger partial charge in [-0.2, -0.15) is 0 Å². The Labute approximate surface area is 176 Å². The summed E-state index contributed by atoms with van der Waals surface area (Å²) in [4.78, 5) is 27.1. The van der Waals surface area contributed by atoms with Crippen molar-refractivity contribution in [2.75, 3.05) is 18.6 Å². The van der Waals surface area contributed by atoms with Gasteiger partial charge in [-0.1, -0.05) is 32.9 Å². The van der Waals surface area contributed by atoms with E-state index in [1.54, 1.807) is 56.5 Å². The molecular weight excluding hydrogens is 382 g/mol. The van der Waals surface area contributed by atoms with Crippen LogP contribution in [0.4, 0.5) is 5.69 Å². The quantitative estimate of drug-likeness (QED) is 0.689. The molecule has 30 heavy (non-hydrogen) atoms. The Bertz CT molecular complexity index is 962. The number of ketones is 1. The van der Waals surface area contributed by atoms with E-state index in [1.807, 2.05) is 6.07 Å². The van der Waals surface area contributed by atoms with Gasteiger partial charge in [-0.05, 0) is 47.9 Å². The highest BCUT2D eigenvalue weighted by Crippen LogP contribution is 2.42. The summed E-state index contributed by atoms with van der Waals surface area (Å²) in [6, 6.07) is 13.5. The van der Waals surface area contributed by atoms with Crippen LogP contribution in [-0.2, 0) is 9.59 Å². The zero-order valence-electron chi connectivity index (χ0n) is 17.7. The van der Waals surface area contributed by atoms with Crippen molar-refractivity contribution in [2.45, 2.75) is 33.2 Å². The van der Waals surface area contributed by atoms with Crippen LogP contribution in [0.2, 0.25) is 0 Å². The number of benzene rings is 2. The number of aliphatic hydroxyl groups excluding tert-OH is 1. The first-order valence-corrected chi connectivity index (χ1v) is 10.0.